The topological polar surface area (TPSA) is 61.8 Å². The van der Waals surface area contributed by atoms with Crippen molar-refractivity contribution in [3.8, 4) is 11.5 Å². The fraction of sp³-hybridized carbons (Fsp3) is 0.533. The van der Waals surface area contributed by atoms with E-state index in [1.165, 1.54) is 13.2 Å². The molecule has 1 amide bonds. The first-order chi connectivity index (χ1) is 9.62. The Hall–Kier alpha value is -1.75. The molecule has 0 unspecified atom stereocenters. The van der Waals surface area contributed by atoms with Crippen LogP contribution in [0.3, 0.4) is 0 Å². The van der Waals surface area contributed by atoms with Crippen molar-refractivity contribution in [3.63, 3.8) is 0 Å². The van der Waals surface area contributed by atoms with Gasteiger partial charge in [-0.25, -0.2) is 0 Å². The monoisotopic (exact) mass is 280 g/mol. The third kappa shape index (κ3) is 4.74. The summed E-state index contributed by atoms with van der Waals surface area (Å²) >= 11 is 0. The Labute approximate surface area is 120 Å². The van der Waals surface area contributed by atoms with Crippen LogP contribution in [0.5, 0.6) is 11.5 Å². The molecule has 0 radical (unpaired) electrons. The highest BCUT2D eigenvalue weighted by Gasteiger charge is 2.11. The number of methoxy groups -OCH3 is 1. The average Bonchev–Trinajstić information content (AvgIpc) is 2.47. The van der Waals surface area contributed by atoms with E-state index in [0.29, 0.717) is 12.3 Å². The number of rotatable bonds is 8. The van der Waals surface area contributed by atoms with Crippen molar-refractivity contribution < 1.29 is 14.6 Å². The molecular weight excluding hydrogens is 256 g/mol. The van der Waals surface area contributed by atoms with E-state index < -0.39 is 0 Å². The third-order valence-electron chi connectivity index (χ3n) is 3.28. The zero-order valence-corrected chi connectivity index (χ0v) is 12.5. The number of carbonyl (C=O) groups is 1. The number of phenolic OH excluding ortho intramolecular Hbond substituents is 1. The van der Waals surface area contributed by atoms with Gasteiger partial charge in [-0.3, -0.25) is 4.79 Å². The van der Waals surface area contributed by atoms with Crippen LogP contribution in [-0.2, 0) is 0 Å². The Bertz CT molecular complexity index is 431. The second-order valence-corrected chi connectivity index (χ2v) is 4.52. The Morgan fingerprint density at radius 1 is 1.35 bits per heavy atom. The van der Waals surface area contributed by atoms with E-state index in [1.807, 2.05) is 0 Å². The van der Waals surface area contributed by atoms with Crippen LogP contribution < -0.4 is 10.1 Å². The molecule has 1 aromatic carbocycles. The standard InChI is InChI=1S/C15H24N2O3/c1-4-17(5-2)10-6-9-16-15(19)13-8-7-12(20-3)11-14(13)18/h7-8,11,18H,4-6,9-10H2,1-3H3,(H,16,19). The molecule has 0 heterocycles. The number of aromatic hydroxyl groups is 1. The summed E-state index contributed by atoms with van der Waals surface area (Å²) in [5.41, 5.74) is 0.272. The number of phenols is 1. The molecule has 0 bridgehead atoms. The Balaban J connectivity index is 2.43. The molecule has 0 fully saturated rings. The summed E-state index contributed by atoms with van der Waals surface area (Å²) < 4.78 is 4.98. The summed E-state index contributed by atoms with van der Waals surface area (Å²) in [4.78, 5) is 14.2. The van der Waals surface area contributed by atoms with Crippen LogP contribution in [0.1, 0.15) is 30.6 Å². The molecule has 5 nitrogen and oxygen atoms in total. The van der Waals surface area contributed by atoms with Crippen molar-refractivity contribution in [1.82, 2.24) is 10.2 Å². The van der Waals surface area contributed by atoms with Crippen LogP contribution in [0.2, 0.25) is 0 Å². The third-order valence-corrected chi connectivity index (χ3v) is 3.28. The number of amides is 1. The van der Waals surface area contributed by atoms with Crippen molar-refractivity contribution in [2.45, 2.75) is 20.3 Å². The van der Waals surface area contributed by atoms with Gasteiger partial charge in [0.15, 0.2) is 0 Å². The zero-order valence-electron chi connectivity index (χ0n) is 12.5. The number of hydrogen-bond donors (Lipinski definition) is 2. The van der Waals surface area contributed by atoms with Crippen molar-refractivity contribution in [1.29, 1.82) is 0 Å². The summed E-state index contributed by atoms with van der Waals surface area (Å²) in [6.07, 6.45) is 0.893. The fourth-order valence-corrected chi connectivity index (χ4v) is 1.97. The van der Waals surface area contributed by atoms with Gasteiger partial charge in [-0.05, 0) is 38.2 Å². The van der Waals surface area contributed by atoms with E-state index in [1.54, 1.807) is 12.1 Å². The lowest BCUT2D eigenvalue weighted by Gasteiger charge is -2.17. The molecule has 0 aliphatic carbocycles. The molecule has 0 aromatic heterocycles. The highest BCUT2D eigenvalue weighted by molar-refractivity contribution is 5.96. The molecule has 2 N–H and O–H groups in total. The lowest BCUT2D eigenvalue weighted by atomic mass is 10.1. The molecule has 5 heteroatoms. The van der Waals surface area contributed by atoms with E-state index in [0.717, 1.165) is 26.1 Å². The minimum absolute atomic E-state index is 0.0643. The van der Waals surface area contributed by atoms with Crippen LogP contribution >= 0.6 is 0 Å². The number of hydrogen-bond acceptors (Lipinski definition) is 4. The van der Waals surface area contributed by atoms with Crippen molar-refractivity contribution in [2.75, 3.05) is 33.3 Å². The predicted molar refractivity (Wildman–Crippen MR) is 79.4 cm³/mol. The Kier molecular flexibility index (Phi) is 6.87. The van der Waals surface area contributed by atoms with Gasteiger partial charge in [0.1, 0.15) is 11.5 Å². The van der Waals surface area contributed by atoms with Crippen molar-refractivity contribution in [2.24, 2.45) is 0 Å². The minimum Gasteiger partial charge on any atom is -0.507 e. The van der Waals surface area contributed by atoms with Crippen molar-refractivity contribution in [3.05, 3.63) is 23.8 Å². The van der Waals surface area contributed by atoms with Crippen molar-refractivity contribution >= 4 is 5.91 Å². The quantitative estimate of drug-likeness (QED) is 0.714. The number of nitrogens with zero attached hydrogens (tertiary/aromatic N) is 1. The van der Waals surface area contributed by atoms with Crippen LogP contribution in [0.4, 0.5) is 0 Å². The van der Waals surface area contributed by atoms with Gasteiger partial charge in [0.2, 0.25) is 0 Å². The van der Waals surface area contributed by atoms with Gasteiger partial charge < -0.3 is 20.1 Å². The molecule has 112 valence electrons. The van der Waals surface area contributed by atoms with E-state index in [-0.39, 0.29) is 17.2 Å². The van der Waals surface area contributed by atoms with E-state index in [9.17, 15) is 9.90 Å². The Morgan fingerprint density at radius 2 is 2.05 bits per heavy atom. The maximum absolute atomic E-state index is 11.9. The largest absolute Gasteiger partial charge is 0.507 e. The summed E-state index contributed by atoms with van der Waals surface area (Å²) in [6.45, 7) is 7.84. The summed E-state index contributed by atoms with van der Waals surface area (Å²) in [5, 5.41) is 12.6. The summed E-state index contributed by atoms with van der Waals surface area (Å²) in [6, 6.07) is 4.66. The maximum atomic E-state index is 11.9. The fourth-order valence-electron chi connectivity index (χ4n) is 1.97. The first kappa shape index (κ1) is 16.3. The van der Waals surface area contributed by atoms with Crippen LogP contribution in [-0.4, -0.2) is 49.2 Å². The maximum Gasteiger partial charge on any atom is 0.255 e. The molecule has 1 rings (SSSR count). The highest BCUT2D eigenvalue weighted by Crippen LogP contribution is 2.23. The van der Waals surface area contributed by atoms with Crippen LogP contribution in [0, 0.1) is 0 Å². The minimum atomic E-state index is -0.260. The summed E-state index contributed by atoms with van der Waals surface area (Å²) in [5.74, 6) is 0.205. The lowest BCUT2D eigenvalue weighted by molar-refractivity contribution is 0.0949. The van der Waals surface area contributed by atoms with Crippen LogP contribution in [0.15, 0.2) is 18.2 Å². The molecule has 0 aliphatic rings. The zero-order chi connectivity index (χ0) is 15.0. The van der Waals surface area contributed by atoms with Gasteiger partial charge in [-0.15, -0.1) is 0 Å². The van der Waals surface area contributed by atoms with Gasteiger partial charge in [0, 0.05) is 12.6 Å². The van der Waals surface area contributed by atoms with Gasteiger partial charge in [-0.1, -0.05) is 13.8 Å². The van der Waals surface area contributed by atoms with Gasteiger partial charge in [-0.2, -0.15) is 0 Å². The average molecular weight is 280 g/mol. The smallest absolute Gasteiger partial charge is 0.255 e. The van der Waals surface area contributed by atoms with E-state index in [4.69, 9.17) is 4.74 Å². The van der Waals surface area contributed by atoms with Crippen LogP contribution in [0.25, 0.3) is 0 Å². The number of benzene rings is 1. The normalized spacial score (nSPS) is 10.6. The molecule has 0 saturated carbocycles. The van der Waals surface area contributed by atoms with Gasteiger partial charge >= 0.3 is 0 Å². The molecule has 0 atom stereocenters. The van der Waals surface area contributed by atoms with Gasteiger partial charge in [0.05, 0.1) is 12.7 Å². The number of carbonyl (C=O) groups excluding carboxylic acids is 1. The van der Waals surface area contributed by atoms with Gasteiger partial charge in [0.25, 0.3) is 5.91 Å². The van der Waals surface area contributed by atoms with E-state index in [2.05, 4.69) is 24.1 Å². The molecule has 0 saturated heterocycles. The lowest BCUT2D eigenvalue weighted by Crippen LogP contribution is -2.29. The second-order valence-electron chi connectivity index (χ2n) is 4.52. The molecule has 20 heavy (non-hydrogen) atoms. The molecular formula is C15H24N2O3. The predicted octanol–water partition coefficient (Wildman–Crippen LogP) is 1.86. The second kappa shape index (κ2) is 8.43. The molecule has 1 aromatic rings. The molecule has 0 spiro atoms. The number of nitrogens with one attached hydrogen (secondary N) is 1. The Morgan fingerprint density at radius 3 is 2.60 bits per heavy atom. The van der Waals surface area contributed by atoms with E-state index >= 15 is 0 Å². The SMILES string of the molecule is CCN(CC)CCCNC(=O)c1ccc(OC)cc1O. The first-order valence-electron chi connectivity index (χ1n) is 6.99. The summed E-state index contributed by atoms with van der Waals surface area (Å²) in [7, 11) is 1.52. The number of ether oxygens (including phenoxy) is 1. The highest BCUT2D eigenvalue weighted by atomic mass is 16.5. The molecule has 0 aliphatic heterocycles. The first-order valence-corrected chi connectivity index (χ1v) is 6.99.